The number of benzene rings is 1. The lowest BCUT2D eigenvalue weighted by Gasteiger charge is -2.34. The average Bonchev–Trinajstić information content (AvgIpc) is 2.46. The highest BCUT2D eigenvalue weighted by Gasteiger charge is 2.28. The van der Waals surface area contributed by atoms with E-state index in [1.165, 1.54) is 11.8 Å². The SMILES string of the molecule is CC(=O)N1CCN(C(=O)CS(=O)(=O)c2ccc(F)cc2F)CC1. The standard InChI is InChI=1S/C14H16F2N2O4S/c1-10(19)17-4-6-18(7-5-17)14(20)9-23(21,22)13-3-2-11(15)8-12(13)16/h2-3,8H,4-7,9H2,1H3. The predicted molar refractivity (Wildman–Crippen MR) is 77.2 cm³/mol. The molecule has 1 aromatic carbocycles. The molecule has 1 saturated heterocycles. The van der Waals surface area contributed by atoms with Crippen LogP contribution in [0.1, 0.15) is 6.92 Å². The molecule has 0 unspecified atom stereocenters. The minimum Gasteiger partial charge on any atom is -0.339 e. The highest BCUT2D eigenvalue weighted by molar-refractivity contribution is 7.92. The van der Waals surface area contributed by atoms with Crippen molar-refractivity contribution in [3.05, 3.63) is 29.8 Å². The Morgan fingerprint density at radius 2 is 1.65 bits per heavy atom. The lowest BCUT2D eigenvalue weighted by atomic mass is 10.3. The van der Waals surface area contributed by atoms with Gasteiger partial charge in [0.15, 0.2) is 9.84 Å². The van der Waals surface area contributed by atoms with E-state index in [-0.39, 0.29) is 19.0 Å². The number of sulfone groups is 1. The number of halogens is 2. The monoisotopic (exact) mass is 346 g/mol. The Bertz CT molecular complexity index is 728. The van der Waals surface area contributed by atoms with E-state index < -0.39 is 38.0 Å². The number of hydrogen-bond acceptors (Lipinski definition) is 4. The van der Waals surface area contributed by atoms with Gasteiger partial charge in [-0.05, 0) is 12.1 Å². The quantitative estimate of drug-likeness (QED) is 0.744. The summed E-state index contributed by atoms with van der Waals surface area (Å²) in [5.74, 6) is -3.79. The fraction of sp³-hybridized carbons (Fsp3) is 0.429. The molecule has 0 atom stereocenters. The summed E-state index contributed by atoms with van der Waals surface area (Å²) in [5.41, 5.74) is 0. The van der Waals surface area contributed by atoms with Crippen LogP contribution in [0.15, 0.2) is 23.1 Å². The van der Waals surface area contributed by atoms with Gasteiger partial charge in [-0.15, -0.1) is 0 Å². The Kier molecular flexibility index (Phi) is 4.98. The van der Waals surface area contributed by atoms with Gasteiger partial charge >= 0.3 is 0 Å². The van der Waals surface area contributed by atoms with E-state index >= 15 is 0 Å². The highest BCUT2D eigenvalue weighted by atomic mass is 32.2. The molecule has 0 aromatic heterocycles. The zero-order valence-electron chi connectivity index (χ0n) is 12.5. The van der Waals surface area contributed by atoms with Crippen molar-refractivity contribution < 1.29 is 26.8 Å². The molecule has 1 heterocycles. The molecule has 6 nitrogen and oxygen atoms in total. The Labute approximate surface area is 132 Å². The molecule has 9 heteroatoms. The van der Waals surface area contributed by atoms with Gasteiger partial charge in [0.05, 0.1) is 0 Å². The molecule has 0 aliphatic carbocycles. The zero-order chi connectivity index (χ0) is 17.2. The van der Waals surface area contributed by atoms with Crippen molar-refractivity contribution in [3.8, 4) is 0 Å². The van der Waals surface area contributed by atoms with E-state index in [0.717, 1.165) is 12.1 Å². The molecule has 2 amide bonds. The Balaban J connectivity index is 2.06. The van der Waals surface area contributed by atoms with Gasteiger partial charge in [0.25, 0.3) is 0 Å². The van der Waals surface area contributed by atoms with E-state index in [1.54, 1.807) is 4.90 Å². The van der Waals surface area contributed by atoms with Gasteiger partial charge in [-0.2, -0.15) is 0 Å². The van der Waals surface area contributed by atoms with Crippen LogP contribution < -0.4 is 0 Å². The largest absolute Gasteiger partial charge is 0.339 e. The highest BCUT2D eigenvalue weighted by Crippen LogP contribution is 2.18. The summed E-state index contributed by atoms with van der Waals surface area (Å²) >= 11 is 0. The van der Waals surface area contributed by atoms with Crippen molar-refractivity contribution in [2.24, 2.45) is 0 Å². The van der Waals surface area contributed by atoms with Crippen LogP contribution >= 0.6 is 0 Å². The molecule has 0 bridgehead atoms. The summed E-state index contributed by atoms with van der Waals surface area (Å²) in [5, 5.41) is 0. The number of carbonyl (C=O) groups is 2. The molecule has 1 fully saturated rings. The Morgan fingerprint density at radius 3 is 2.17 bits per heavy atom. The van der Waals surface area contributed by atoms with Crippen LogP contribution in [0.3, 0.4) is 0 Å². The van der Waals surface area contributed by atoms with Crippen molar-refractivity contribution in [1.29, 1.82) is 0 Å². The number of hydrogen-bond donors (Lipinski definition) is 0. The minimum atomic E-state index is -4.20. The lowest BCUT2D eigenvalue weighted by Crippen LogP contribution is -2.51. The average molecular weight is 346 g/mol. The number of carbonyl (C=O) groups excluding carboxylic acids is 2. The van der Waals surface area contributed by atoms with E-state index in [4.69, 9.17) is 0 Å². The third-order valence-corrected chi connectivity index (χ3v) is 5.25. The Morgan fingerprint density at radius 1 is 1.09 bits per heavy atom. The molecule has 1 aromatic rings. The second-order valence-electron chi connectivity index (χ2n) is 5.22. The van der Waals surface area contributed by atoms with Crippen LogP contribution in [0.5, 0.6) is 0 Å². The number of rotatable bonds is 3. The van der Waals surface area contributed by atoms with E-state index in [0.29, 0.717) is 19.2 Å². The van der Waals surface area contributed by atoms with Crippen LogP contribution in [-0.2, 0) is 19.4 Å². The molecule has 0 radical (unpaired) electrons. The van der Waals surface area contributed by atoms with Gasteiger partial charge in [-0.25, -0.2) is 17.2 Å². The fourth-order valence-electron chi connectivity index (χ4n) is 2.33. The van der Waals surface area contributed by atoms with Gasteiger partial charge in [-0.1, -0.05) is 0 Å². The summed E-state index contributed by atoms with van der Waals surface area (Å²) < 4.78 is 50.7. The fourth-order valence-corrected chi connectivity index (χ4v) is 3.62. The summed E-state index contributed by atoms with van der Waals surface area (Å²) in [6.45, 7) is 2.51. The normalized spacial score (nSPS) is 15.6. The van der Waals surface area contributed by atoms with Crippen LogP contribution in [0.4, 0.5) is 8.78 Å². The lowest BCUT2D eigenvalue weighted by molar-refractivity contribution is -0.136. The van der Waals surface area contributed by atoms with Gasteiger partial charge in [0.1, 0.15) is 22.3 Å². The van der Waals surface area contributed by atoms with Gasteiger partial charge < -0.3 is 9.80 Å². The van der Waals surface area contributed by atoms with Crippen LogP contribution in [0.2, 0.25) is 0 Å². The zero-order valence-corrected chi connectivity index (χ0v) is 13.3. The molecular weight excluding hydrogens is 330 g/mol. The Hall–Kier alpha value is -2.03. The van der Waals surface area contributed by atoms with E-state index in [1.807, 2.05) is 0 Å². The van der Waals surface area contributed by atoms with E-state index in [2.05, 4.69) is 0 Å². The molecule has 1 aliphatic rings. The van der Waals surface area contributed by atoms with E-state index in [9.17, 15) is 26.8 Å². The molecule has 23 heavy (non-hydrogen) atoms. The molecule has 0 saturated carbocycles. The maximum absolute atomic E-state index is 13.6. The first-order valence-electron chi connectivity index (χ1n) is 6.92. The van der Waals surface area contributed by atoms with Crippen molar-refractivity contribution in [3.63, 3.8) is 0 Å². The van der Waals surface area contributed by atoms with Crippen molar-refractivity contribution in [1.82, 2.24) is 9.80 Å². The maximum Gasteiger partial charge on any atom is 0.238 e. The first kappa shape index (κ1) is 17.3. The van der Waals surface area contributed by atoms with Crippen LogP contribution in [0.25, 0.3) is 0 Å². The molecule has 2 rings (SSSR count). The van der Waals surface area contributed by atoms with Crippen molar-refractivity contribution >= 4 is 21.7 Å². The van der Waals surface area contributed by atoms with Crippen LogP contribution in [0, 0.1) is 11.6 Å². The molecule has 126 valence electrons. The molecule has 1 aliphatic heterocycles. The third-order valence-electron chi connectivity index (χ3n) is 3.62. The topological polar surface area (TPSA) is 74.8 Å². The molecule has 0 N–H and O–H groups in total. The number of nitrogens with zero attached hydrogens (tertiary/aromatic N) is 2. The summed E-state index contributed by atoms with van der Waals surface area (Å²) in [6.07, 6.45) is 0. The number of piperazine rings is 1. The predicted octanol–water partition coefficient (Wildman–Crippen LogP) is 0.429. The second kappa shape index (κ2) is 6.61. The van der Waals surface area contributed by atoms with Crippen molar-refractivity contribution in [2.75, 3.05) is 31.9 Å². The molecule has 0 spiro atoms. The third kappa shape index (κ3) is 4.04. The van der Waals surface area contributed by atoms with Crippen LogP contribution in [-0.4, -0.2) is 62.0 Å². The second-order valence-corrected chi connectivity index (χ2v) is 7.18. The van der Waals surface area contributed by atoms with Gasteiger partial charge in [-0.3, -0.25) is 9.59 Å². The van der Waals surface area contributed by atoms with Gasteiger partial charge in [0.2, 0.25) is 11.8 Å². The summed E-state index contributed by atoms with van der Waals surface area (Å²) in [6, 6.07) is 2.09. The molecular formula is C14H16F2N2O4S. The number of amides is 2. The minimum absolute atomic E-state index is 0.113. The summed E-state index contributed by atoms with van der Waals surface area (Å²) in [4.78, 5) is 25.5. The van der Waals surface area contributed by atoms with Crippen molar-refractivity contribution in [2.45, 2.75) is 11.8 Å². The van der Waals surface area contributed by atoms with Gasteiger partial charge in [0, 0.05) is 39.2 Å². The smallest absolute Gasteiger partial charge is 0.238 e. The first-order valence-corrected chi connectivity index (χ1v) is 8.57. The maximum atomic E-state index is 13.6. The summed E-state index contributed by atoms with van der Waals surface area (Å²) in [7, 11) is -4.20. The first-order chi connectivity index (χ1) is 10.7.